The molecule has 0 unspecified atom stereocenters. The molecule has 3 heteroatoms. The van der Waals surface area contributed by atoms with Crippen LogP contribution in [-0.2, 0) is 6.54 Å². The van der Waals surface area contributed by atoms with Crippen molar-refractivity contribution in [3.8, 4) is 0 Å². The molecule has 2 rings (SSSR count). The van der Waals surface area contributed by atoms with Gasteiger partial charge in [-0.1, -0.05) is 0 Å². The minimum absolute atomic E-state index is 0.181. The third-order valence-electron chi connectivity index (χ3n) is 2.58. The van der Waals surface area contributed by atoms with Gasteiger partial charge in [-0.2, -0.15) is 0 Å². The van der Waals surface area contributed by atoms with Crippen LogP contribution in [0, 0.1) is 19.7 Å². The summed E-state index contributed by atoms with van der Waals surface area (Å²) in [4.78, 5) is 0. The molecule has 1 aromatic heterocycles. The van der Waals surface area contributed by atoms with Crippen LogP contribution in [0.3, 0.4) is 0 Å². The molecule has 2 aromatic rings. The van der Waals surface area contributed by atoms with E-state index in [-0.39, 0.29) is 5.82 Å². The van der Waals surface area contributed by atoms with Crippen molar-refractivity contribution >= 4 is 5.69 Å². The number of benzene rings is 1. The Morgan fingerprint density at radius 3 is 2.62 bits per heavy atom. The Bertz CT molecular complexity index is 490. The van der Waals surface area contributed by atoms with E-state index in [1.807, 2.05) is 13.0 Å². The highest BCUT2D eigenvalue weighted by molar-refractivity contribution is 5.46. The second kappa shape index (κ2) is 4.39. The molecule has 0 bridgehead atoms. The lowest BCUT2D eigenvalue weighted by Crippen LogP contribution is -2.00. The van der Waals surface area contributed by atoms with Gasteiger partial charge in [-0.15, -0.1) is 0 Å². The Morgan fingerprint density at radius 2 is 2.00 bits per heavy atom. The van der Waals surface area contributed by atoms with Crippen molar-refractivity contribution < 1.29 is 8.81 Å². The van der Waals surface area contributed by atoms with Crippen LogP contribution in [0.2, 0.25) is 0 Å². The van der Waals surface area contributed by atoms with E-state index >= 15 is 0 Å². The highest BCUT2D eigenvalue weighted by Crippen LogP contribution is 2.16. The minimum atomic E-state index is -0.181. The normalized spacial score (nSPS) is 10.4. The summed E-state index contributed by atoms with van der Waals surface area (Å²) < 4.78 is 18.3. The molecule has 0 aliphatic rings. The summed E-state index contributed by atoms with van der Waals surface area (Å²) in [7, 11) is 0. The van der Waals surface area contributed by atoms with E-state index in [0.29, 0.717) is 12.1 Å². The molecule has 16 heavy (non-hydrogen) atoms. The number of halogens is 1. The van der Waals surface area contributed by atoms with E-state index in [1.165, 1.54) is 6.07 Å². The van der Waals surface area contributed by atoms with E-state index in [2.05, 4.69) is 5.32 Å². The number of hydrogen-bond acceptors (Lipinski definition) is 2. The van der Waals surface area contributed by atoms with E-state index in [9.17, 15) is 4.39 Å². The van der Waals surface area contributed by atoms with Gasteiger partial charge in [0.05, 0.1) is 12.8 Å². The highest BCUT2D eigenvalue weighted by Gasteiger charge is 2.02. The van der Waals surface area contributed by atoms with Crippen LogP contribution in [-0.4, -0.2) is 0 Å². The van der Waals surface area contributed by atoms with Crippen LogP contribution < -0.4 is 5.32 Å². The van der Waals surface area contributed by atoms with E-state index in [4.69, 9.17) is 4.42 Å². The summed E-state index contributed by atoms with van der Waals surface area (Å²) in [6, 6.07) is 6.90. The zero-order valence-corrected chi connectivity index (χ0v) is 9.38. The van der Waals surface area contributed by atoms with Crippen LogP contribution >= 0.6 is 0 Å². The second-order valence-electron chi connectivity index (χ2n) is 3.84. The molecule has 1 aromatic carbocycles. The van der Waals surface area contributed by atoms with Gasteiger partial charge in [0.25, 0.3) is 0 Å². The van der Waals surface area contributed by atoms with E-state index < -0.39 is 0 Å². The molecular weight excluding hydrogens is 205 g/mol. The fourth-order valence-electron chi connectivity index (χ4n) is 1.52. The molecule has 1 heterocycles. The number of nitrogens with one attached hydrogen (secondary N) is 1. The lowest BCUT2D eigenvalue weighted by Gasteiger charge is -2.06. The molecule has 1 N–H and O–H groups in total. The largest absolute Gasteiger partial charge is 0.467 e. The third-order valence-corrected chi connectivity index (χ3v) is 2.58. The number of anilines is 1. The maximum atomic E-state index is 13.0. The molecule has 0 saturated heterocycles. The fourth-order valence-corrected chi connectivity index (χ4v) is 1.52. The maximum absolute atomic E-state index is 13.0. The fraction of sp³-hybridized carbons (Fsp3) is 0.231. The summed E-state index contributed by atoms with van der Waals surface area (Å²) in [6.07, 6.45) is 1.67. The van der Waals surface area contributed by atoms with Gasteiger partial charge in [0, 0.05) is 5.69 Å². The first kappa shape index (κ1) is 10.7. The van der Waals surface area contributed by atoms with Crippen LogP contribution in [0.15, 0.2) is 34.9 Å². The number of rotatable bonds is 3. The van der Waals surface area contributed by atoms with Crippen molar-refractivity contribution in [2.45, 2.75) is 20.4 Å². The lowest BCUT2D eigenvalue weighted by molar-refractivity contribution is 0.515. The maximum Gasteiger partial charge on any atom is 0.126 e. The van der Waals surface area contributed by atoms with Gasteiger partial charge < -0.3 is 9.73 Å². The van der Waals surface area contributed by atoms with Gasteiger partial charge in [-0.05, 0) is 49.2 Å². The molecule has 0 spiro atoms. The van der Waals surface area contributed by atoms with Gasteiger partial charge in [0.1, 0.15) is 11.6 Å². The second-order valence-corrected chi connectivity index (χ2v) is 3.84. The van der Waals surface area contributed by atoms with Gasteiger partial charge in [-0.25, -0.2) is 4.39 Å². The molecule has 2 nitrogen and oxygen atoms in total. The molecular formula is C13H14FNO. The zero-order valence-electron chi connectivity index (χ0n) is 9.38. The first-order valence-corrected chi connectivity index (χ1v) is 5.20. The Hall–Kier alpha value is -1.77. The average molecular weight is 219 g/mol. The predicted molar refractivity (Wildman–Crippen MR) is 61.9 cm³/mol. The van der Waals surface area contributed by atoms with Crippen LogP contribution in [0.4, 0.5) is 10.1 Å². The van der Waals surface area contributed by atoms with Crippen molar-refractivity contribution in [2.75, 3.05) is 5.32 Å². The number of aryl methyl sites for hydroxylation is 2. The Balaban J connectivity index is 2.05. The molecule has 0 fully saturated rings. The number of hydrogen-bond donors (Lipinski definition) is 1. The summed E-state index contributed by atoms with van der Waals surface area (Å²) in [5.74, 6) is 0.724. The standard InChI is InChI=1S/C13H14FNO/c1-9-5-6-16-13(9)8-15-11-3-4-12(14)10(2)7-11/h3-7,15H,8H2,1-2H3. The average Bonchev–Trinajstić information content (AvgIpc) is 2.66. The Labute approximate surface area is 94.1 Å². The number of furan rings is 1. The van der Waals surface area contributed by atoms with Crippen molar-refractivity contribution in [1.29, 1.82) is 0 Å². The summed E-state index contributed by atoms with van der Waals surface area (Å²) >= 11 is 0. The van der Waals surface area contributed by atoms with Gasteiger partial charge >= 0.3 is 0 Å². The molecule has 0 atom stereocenters. The first-order chi connectivity index (χ1) is 7.66. The van der Waals surface area contributed by atoms with Crippen molar-refractivity contribution in [1.82, 2.24) is 0 Å². The van der Waals surface area contributed by atoms with Crippen molar-refractivity contribution in [3.05, 3.63) is 53.2 Å². The van der Waals surface area contributed by atoms with E-state index in [1.54, 1.807) is 25.3 Å². The smallest absolute Gasteiger partial charge is 0.126 e. The lowest BCUT2D eigenvalue weighted by atomic mass is 10.2. The Kier molecular flexibility index (Phi) is 2.95. The predicted octanol–water partition coefficient (Wildman–Crippen LogP) is 3.65. The highest BCUT2D eigenvalue weighted by atomic mass is 19.1. The monoisotopic (exact) mass is 219 g/mol. The van der Waals surface area contributed by atoms with Gasteiger partial charge in [0.2, 0.25) is 0 Å². The van der Waals surface area contributed by atoms with E-state index in [0.717, 1.165) is 17.0 Å². The van der Waals surface area contributed by atoms with Crippen molar-refractivity contribution in [3.63, 3.8) is 0 Å². The quantitative estimate of drug-likeness (QED) is 0.852. The molecule has 0 amide bonds. The summed E-state index contributed by atoms with van der Waals surface area (Å²) in [5.41, 5.74) is 2.65. The van der Waals surface area contributed by atoms with Crippen LogP contribution in [0.25, 0.3) is 0 Å². The Morgan fingerprint density at radius 1 is 1.19 bits per heavy atom. The molecule has 0 aliphatic heterocycles. The third kappa shape index (κ3) is 2.24. The first-order valence-electron chi connectivity index (χ1n) is 5.20. The molecule has 0 aliphatic carbocycles. The molecule has 84 valence electrons. The van der Waals surface area contributed by atoms with Gasteiger partial charge in [-0.3, -0.25) is 0 Å². The zero-order chi connectivity index (χ0) is 11.5. The van der Waals surface area contributed by atoms with Crippen LogP contribution in [0.1, 0.15) is 16.9 Å². The van der Waals surface area contributed by atoms with Crippen molar-refractivity contribution in [2.24, 2.45) is 0 Å². The summed E-state index contributed by atoms with van der Waals surface area (Å²) in [6.45, 7) is 4.36. The SMILES string of the molecule is Cc1cc(NCc2occc2C)ccc1F. The molecule has 0 radical (unpaired) electrons. The van der Waals surface area contributed by atoms with Crippen LogP contribution in [0.5, 0.6) is 0 Å². The molecule has 0 saturated carbocycles. The van der Waals surface area contributed by atoms with Gasteiger partial charge in [0.15, 0.2) is 0 Å². The summed E-state index contributed by atoms with van der Waals surface area (Å²) in [5, 5.41) is 3.20. The topological polar surface area (TPSA) is 25.2 Å². The minimum Gasteiger partial charge on any atom is -0.467 e.